The second-order valence-corrected chi connectivity index (χ2v) is 6.46. The van der Waals surface area contributed by atoms with E-state index in [2.05, 4.69) is 16.9 Å². The molecule has 0 radical (unpaired) electrons. The normalized spacial score (nSPS) is 9.50. The molecule has 0 saturated carbocycles. The van der Waals surface area contributed by atoms with E-state index in [0.29, 0.717) is 9.79 Å². The lowest BCUT2D eigenvalue weighted by molar-refractivity contribution is -0.255. The Morgan fingerprint density at radius 1 is 0.917 bits per heavy atom. The number of benzene rings is 2. The van der Waals surface area contributed by atoms with Gasteiger partial charge in [-0.3, -0.25) is 16.9 Å². The smallest absolute Gasteiger partial charge is 0.336 e. The van der Waals surface area contributed by atoms with Gasteiger partial charge in [-0.1, -0.05) is 51.9 Å². The molecule has 0 aliphatic heterocycles. The molecule has 0 aliphatic rings. The SMILES string of the molecule is NC(N)=[NH2+].O=C([O-])c1ccccc1SSc1ccccc1C(=O)O. The molecule has 2 aromatic carbocycles. The third-order valence-corrected chi connectivity index (χ3v) is 4.93. The molecule has 2 rings (SSSR count). The van der Waals surface area contributed by atoms with Gasteiger partial charge in [0, 0.05) is 15.4 Å². The Bertz CT molecular complexity index is 692. The molecule has 7 N–H and O–H groups in total. The summed E-state index contributed by atoms with van der Waals surface area (Å²) in [7, 11) is 2.40. The standard InChI is InChI=1S/C14H10O4S2.CH5N3/c15-13(16)9-5-1-3-7-11(9)19-20-12-8-4-2-6-10(12)14(17)18;2-1(3)4/h1-8H,(H,15,16)(H,17,18);(H5,2,3,4). The van der Waals surface area contributed by atoms with Crippen LogP contribution in [-0.4, -0.2) is 23.0 Å². The molecule has 0 aromatic heterocycles. The summed E-state index contributed by atoms with van der Waals surface area (Å²) < 4.78 is 0. The molecule has 0 spiro atoms. The molecule has 0 heterocycles. The molecular weight excluding hydrogens is 350 g/mol. The van der Waals surface area contributed by atoms with Gasteiger partial charge < -0.3 is 15.0 Å². The molecule has 0 saturated heterocycles. The van der Waals surface area contributed by atoms with E-state index >= 15 is 0 Å². The van der Waals surface area contributed by atoms with Gasteiger partial charge in [-0.05, 0) is 18.2 Å². The van der Waals surface area contributed by atoms with Crippen LogP contribution in [0.15, 0.2) is 58.3 Å². The predicted molar refractivity (Wildman–Crippen MR) is 91.2 cm³/mol. The van der Waals surface area contributed by atoms with Gasteiger partial charge in [0.1, 0.15) is 0 Å². The zero-order valence-corrected chi connectivity index (χ0v) is 14.0. The Morgan fingerprint density at radius 2 is 1.29 bits per heavy atom. The van der Waals surface area contributed by atoms with Gasteiger partial charge in [0.25, 0.3) is 0 Å². The number of carboxylic acids is 2. The number of rotatable bonds is 5. The largest absolute Gasteiger partial charge is 0.545 e. The van der Waals surface area contributed by atoms with Crippen LogP contribution in [0.2, 0.25) is 0 Å². The van der Waals surface area contributed by atoms with Crippen molar-refractivity contribution in [1.82, 2.24) is 0 Å². The van der Waals surface area contributed by atoms with Gasteiger partial charge in [0.15, 0.2) is 0 Å². The molecule has 7 nitrogen and oxygen atoms in total. The Kier molecular flexibility index (Phi) is 7.66. The number of carboxylic acid groups (broad SMARTS) is 2. The van der Waals surface area contributed by atoms with Crippen LogP contribution in [0.3, 0.4) is 0 Å². The minimum absolute atomic E-state index is 0.0833. The minimum Gasteiger partial charge on any atom is -0.545 e. The van der Waals surface area contributed by atoms with Crippen molar-refractivity contribution in [3.05, 3.63) is 59.7 Å². The van der Waals surface area contributed by atoms with E-state index in [-0.39, 0.29) is 17.1 Å². The number of guanidine groups is 1. The molecule has 0 bridgehead atoms. The number of carbonyl (C=O) groups excluding carboxylic acids is 1. The fraction of sp³-hybridized carbons (Fsp3) is 0. The van der Waals surface area contributed by atoms with E-state index in [9.17, 15) is 14.7 Å². The number of hydrogen-bond donors (Lipinski definition) is 4. The van der Waals surface area contributed by atoms with Crippen molar-refractivity contribution >= 4 is 39.5 Å². The molecule has 0 unspecified atom stereocenters. The van der Waals surface area contributed by atoms with Crippen LogP contribution < -0.4 is 22.0 Å². The van der Waals surface area contributed by atoms with E-state index in [4.69, 9.17) is 5.11 Å². The van der Waals surface area contributed by atoms with Crippen molar-refractivity contribution in [2.45, 2.75) is 9.79 Å². The van der Waals surface area contributed by atoms with Crippen LogP contribution in [0.4, 0.5) is 0 Å². The lowest BCUT2D eigenvalue weighted by Gasteiger charge is -2.09. The first-order valence-corrected chi connectivity index (χ1v) is 8.58. The molecule has 0 atom stereocenters. The van der Waals surface area contributed by atoms with E-state index in [0.717, 1.165) is 0 Å². The maximum atomic E-state index is 11.1. The zero-order valence-electron chi connectivity index (χ0n) is 12.3. The third-order valence-electron chi connectivity index (χ3n) is 2.45. The van der Waals surface area contributed by atoms with Crippen molar-refractivity contribution < 1.29 is 25.2 Å². The minimum atomic E-state index is -1.25. The average molecular weight is 365 g/mol. The van der Waals surface area contributed by atoms with Crippen LogP contribution in [0, 0.1) is 0 Å². The Balaban J connectivity index is 0.000000648. The summed E-state index contributed by atoms with van der Waals surface area (Å²) in [5, 5.41) is 24.6. The fourth-order valence-electron chi connectivity index (χ4n) is 1.51. The predicted octanol–water partition coefficient (Wildman–Crippen LogP) is -0.433. The van der Waals surface area contributed by atoms with Gasteiger partial charge >= 0.3 is 11.9 Å². The third kappa shape index (κ3) is 6.23. The van der Waals surface area contributed by atoms with Gasteiger partial charge in [-0.2, -0.15) is 0 Å². The second kappa shape index (κ2) is 9.48. The van der Waals surface area contributed by atoms with E-state index in [1.54, 1.807) is 36.4 Å². The summed E-state index contributed by atoms with van der Waals surface area (Å²) in [4.78, 5) is 23.2. The van der Waals surface area contributed by atoms with Crippen molar-refractivity contribution in [2.24, 2.45) is 11.5 Å². The molecular formula is C15H15N3O4S2. The summed E-state index contributed by atoms with van der Waals surface area (Å²) in [5.41, 5.74) is 9.45. The first-order valence-electron chi connectivity index (χ1n) is 6.43. The second-order valence-electron chi connectivity index (χ2n) is 4.25. The van der Waals surface area contributed by atoms with Gasteiger partial charge in [0.05, 0.1) is 11.5 Å². The van der Waals surface area contributed by atoms with E-state index < -0.39 is 11.9 Å². The lowest BCUT2D eigenvalue weighted by atomic mass is 10.2. The first kappa shape index (κ1) is 19.4. The first-order chi connectivity index (χ1) is 11.3. The maximum Gasteiger partial charge on any atom is 0.336 e. The Morgan fingerprint density at radius 3 is 1.71 bits per heavy atom. The van der Waals surface area contributed by atoms with Crippen molar-refractivity contribution in [2.75, 3.05) is 0 Å². The molecule has 9 heteroatoms. The summed E-state index contributed by atoms with van der Waals surface area (Å²) >= 11 is 0. The monoisotopic (exact) mass is 365 g/mol. The molecule has 2 aromatic rings. The number of aromatic carboxylic acids is 2. The highest BCUT2D eigenvalue weighted by atomic mass is 33.1. The van der Waals surface area contributed by atoms with Gasteiger partial charge in [0.2, 0.25) is 0 Å². The highest BCUT2D eigenvalue weighted by Crippen LogP contribution is 2.40. The topological polar surface area (TPSA) is 155 Å². The number of hydrogen-bond acceptors (Lipinski definition) is 5. The van der Waals surface area contributed by atoms with Crippen molar-refractivity contribution in [3.8, 4) is 0 Å². The van der Waals surface area contributed by atoms with Crippen molar-refractivity contribution in [1.29, 1.82) is 0 Å². The van der Waals surface area contributed by atoms with Crippen LogP contribution in [-0.2, 0) is 0 Å². The maximum absolute atomic E-state index is 11.1. The van der Waals surface area contributed by atoms with Crippen molar-refractivity contribution in [3.63, 3.8) is 0 Å². The van der Waals surface area contributed by atoms with Crippen LogP contribution in [0.25, 0.3) is 0 Å². The molecule has 126 valence electrons. The average Bonchev–Trinajstić information content (AvgIpc) is 2.52. The van der Waals surface area contributed by atoms with Crippen LogP contribution >= 0.6 is 21.6 Å². The summed E-state index contributed by atoms with van der Waals surface area (Å²) in [6.45, 7) is 0. The van der Waals surface area contributed by atoms with Gasteiger partial charge in [-0.15, -0.1) is 0 Å². The zero-order chi connectivity index (χ0) is 18.1. The molecule has 0 aliphatic carbocycles. The number of carbonyl (C=O) groups is 2. The Labute approximate surface area is 146 Å². The molecule has 0 amide bonds. The van der Waals surface area contributed by atoms with Gasteiger partial charge in [-0.25, -0.2) is 4.79 Å². The summed E-state index contributed by atoms with van der Waals surface area (Å²) in [6.07, 6.45) is 0. The van der Waals surface area contributed by atoms with Crippen LogP contribution in [0.5, 0.6) is 0 Å². The number of nitrogens with two attached hydrogens (primary N) is 3. The summed E-state index contributed by atoms with van der Waals surface area (Å²) in [6, 6.07) is 13.0. The van der Waals surface area contributed by atoms with E-state index in [1.807, 2.05) is 0 Å². The molecule has 24 heavy (non-hydrogen) atoms. The van der Waals surface area contributed by atoms with Crippen LogP contribution in [0.1, 0.15) is 20.7 Å². The summed E-state index contributed by atoms with van der Waals surface area (Å²) in [5.74, 6) is -2.35. The highest BCUT2D eigenvalue weighted by Gasteiger charge is 2.11. The Hall–Kier alpha value is -2.65. The molecule has 0 fully saturated rings. The fourth-order valence-corrected chi connectivity index (χ4v) is 3.86. The lowest BCUT2D eigenvalue weighted by Crippen LogP contribution is -2.51. The van der Waals surface area contributed by atoms with E-state index in [1.165, 1.54) is 33.7 Å². The quantitative estimate of drug-likeness (QED) is 0.316. The highest BCUT2D eigenvalue weighted by molar-refractivity contribution is 8.76.